The van der Waals surface area contributed by atoms with Gasteiger partial charge in [-0.3, -0.25) is 4.79 Å². The minimum absolute atomic E-state index is 0.0226. The molecule has 12 heteroatoms. The predicted octanol–water partition coefficient (Wildman–Crippen LogP) is 4.01. The van der Waals surface area contributed by atoms with Crippen LogP contribution in [0.1, 0.15) is 85.7 Å². The first-order valence-electron chi connectivity index (χ1n) is 14.5. The molecule has 2 atom stereocenters. The second-order valence-electron chi connectivity index (χ2n) is 13.4. The van der Waals surface area contributed by atoms with Crippen LogP contribution < -0.4 is 21.1 Å². The Morgan fingerprint density at radius 1 is 1.12 bits per heavy atom. The van der Waals surface area contributed by atoms with E-state index in [2.05, 4.69) is 48.8 Å². The van der Waals surface area contributed by atoms with Crippen molar-refractivity contribution in [2.24, 2.45) is 5.41 Å². The van der Waals surface area contributed by atoms with E-state index in [-0.39, 0.29) is 33.6 Å². The van der Waals surface area contributed by atoms with Gasteiger partial charge in [-0.15, -0.1) is 11.3 Å². The molecule has 0 bridgehead atoms. The summed E-state index contributed by atoms with van der Waals surface area (Å²) in [6, 6.07) is 8.54. The maximum absolute atomic E-state index is 13.7. The molecule has 0 radical (unpaired) electrons. The van der Waals surface area contributed by atoms with Gasteiger partial charge in [0.25, 0.3) is 5.91 Å². The molecule has 224 valence electrons. The second kappa shape index (κ2) is 10.3. The lowest BCUT2D eigenvalue weighted by Crippen LogP contribution is -2.51. The quantitative estimate of drug-likeness (QED) is 0.403. The summed E-state index contributed by atoms with van der Waals surface area (Å²) in [5, 5.41) is 0.517. The molecule has 6 rings (SSSR count). The van der Waals surface area contributed by atoms with Crippen LogP contribution in [0.2, 0.25) is 0 Å². The van der Waals surface area contributed by atoms with E-state index >= 15 is 0 Å². The molecule has 0 saturated carbocycles. The topological polar surface area (TPSA) is 143 Å². The Kier molecular flexibility index (Phi) is 7.09. The predicted molar refractivity (Wildman–Crippen MR) is 168 cm³/mol. The van der Waals surface area contributed by atoms with Crippen LogP contribution in [-0.4, -0.2) is 53.3 Å². The third-order valence-corrected chi connectivity index (χ3v) is 11.5. The van der Waals surface area contributed by atoms with Crippen molar-refractivity contribution in [3.05, 3.63) is 57.9 Å². The fraction of sp³-hybridized carbons (Fsp3) is 0.533. The average molecular weight is 609 g/mol. The van der Waals surface area contributed by atoms with Crippen molar-refractivity contribution in [1.29, 1.82) is 0 Å². The van der Waals surface area contributed by atoms with Gasteiger partial charge in [0.05, 0.1) is 40.2 Å². The van der Waals surface area contributed by atoms with Gasteiger partial charge in [-0.2, -0.15) is 0 Å². The molecule has 2 aliphatic heterocycles. The van der Waals surface area contributed by atoms with E-state index in [4.69, 9.17) is 11.5 Å². The summed E-state index contributed by atoms with van der Waals surface area (Å²) in [6.07, 6.45) is 5.06. The molecule has 42 heavy (non-hydrogen) atoms. The number of nitrogen functional groups attached to an aromatic ring is 2. The largest absolute Gasteiger partial charge is 0.382 e. The van der Waals surface area contributed by atoms with Gasteiger partial charge >= 0.3 is 0 Å². The highest BCUT2D eigenvalue weighted by Crippen LogP contribution is 2.52. The summed E-state index contributed by atoms with van der Waals surface area (Å²) in [4.78, 5) is 32.3. The lowest BCUT2D eigenvalue weighted by atomic mass is 9.73. The Morgan fingerprint density at radius 3 is 2.52 bits per heavy atom. The van der Waals surface area contributed by atoms with Gasteiger partial charge in [-0.1, -0.05) is 24.3 Å². The van der Waals surface area contributed by atoms with Crippen molar-refractivity contribution >= 4 is 45.0 Å². The monoisotopic (exact) mass is 608 g/mol. The van der Waals surface area contributed by atoms with E-state index in [0.717, 1.165) is 42.9 Å². The molecule has 1 aromatic carbocycles. The normalized spacial score (nSPS) is 21.7. The van der Waals surface area contributed by atoms with E-state index in [0.29, 0.717) is 23.9 Å². The summed E-state index contributed by atoms with van der Waals surface area (Å²) in [5.74, 6) is 0.570. The van der Waals surface area contributed by atoms with Gasteiger partial charge in [0.15, 0.2) is 16.6 Å². The number of aromatic nitrogens is 3. The molecule has 2 aromatic heterocycles. The first-order chi connectivity index (χ1) is 19.8. The molecular weight excluding hydrogens is 569 g/mol. The Balaban J connectivity index is 1.19. The SMILES string of the molecule is CC1(C)Cc2nc(N)sc2CN1C(=O)c1ncc(N2CCC3(CC2)Cc2ccccc2C3N[S@](=O)C(C)(C)C)nc1N. The number of fused-ring (bicyclic) bond motifs is 2. The molecule has 1 fully saturated rings. The van der Waals surface area contributed by atoms with Gasteiger partial charge < -0.3 is 21.3 Å². The maximum Gasteiger partial charge on any atom is 0.277 e. The molecule has 3 aliphatic rings. The maximum atomic E-state index is 13.7. The van der Waals surface area contributed by atoms with E-state index in [9.17, 15) is 9.00 Å². The Hall–Kier alpha value is -3.09. The van der Waals surface area contributed by atoms with Gasteiger partial charge in [0, 0.05) is 29.9 Å². The smallest absolute Gasteiger partial charge is 0.277 e. The van der Waals surface area contributed by atoms with Crippen molar-refractivity contribution in [2.45, 2.75) is 83.2 Å². The first-order valence-corrected chi connectivity index (χ1v) is 16.4. The van der Waals surface area contributed by atoms with E-state index < -0.39 is 16.5 Å². The molecule has 1 spiro atoms. The molecule has 1 aliphatic carbocycles. The summed E-state index contributed by atoms with van der Waals surface area (Å²) < 4.78 is 16.4. The van der Waals surface area contributed by atoms with E-state index in [1.165, 1.54) is 22.5 Å². The van der Waals surface area contributed by atoms with E-state index in [1.807, 2.05) is 34.6 Å². The number of hydrogen-bond donors (Lipinski definition) is 3. The molecular formula is C30H40N8O2S2. The van der Waals surface area contributed by atoms with Crippen LogP contribution in [0.4, 0.5) is 16.8 Å². The van der Waals surface area contributed by atoms with Crippen LogP contribution in [0.15, 0.2) is 30.5 Å². The number of thiazole rings is 1. The minimum Gasteiger partial charge on any atom is -0.382 e. The fourth-order valence-electron chi connectivity index (χ4n) is 6.62. The minimum atomic E-state index is -1.18. The standard InChI is InChI=1S/C30H40N8O2S2/c1-28(2,3)42(40)36-24-19-9-7-6-8-18(19)14-30(24)10-12-37(13-11-30)22-16-33-23(25(31)35-22)26(39)38-17-21-20(15-29(38,4)5)34-27(32)41-21/h6-9,16,24,36H,10-15,17H2,1-5H3,(H2,31,35)(H2,32,34)/t24?,42-/m1/s1. The molecule has 4 heterocycles. The molecule has 10 nitrogen and oxygen atoms in total. The molecule has 1 amide bonds. The van der Waals surface area contributed by atoms with Crippen LogP contribution in [0, 0.1) is 5.41 Å². The first kappa shape index (κ1) is 29.0. The Labute approximate surface area is 253 Å². The number of carbonyl (C=O) groups is 1. The number of piperidine rings is 1. The van der Waals surface area contributed by atoms with Crippen LogP contribution >= 0.6 is 11.3 Å². The summed E-state index contributed by atoms with van der Waals surface area (Å²) in [7, 11) is -1.18. The molecule has 5 N–H and O–H groups in total. The highest BCUT2D eigenvalue weighted by Gasteiger charge is 2.49. The zero-order chi connectivity index (χ0) is 30.0. The lowest BCUT2D eigenvalue weighted by Gasteiger charge is -2.44. The summed E-state index contributed by atoms with van der Waals surface area (Å²) in [6.45, 7) is 12.0. The van der Waals surface area contributed by atoms with Crippen LogP contribution in [0.5, 0.6) is 0 Å². The molecule has 1 unspecified atom stereocenters. The molecule has 3 aromatic rings. The number of hydrogen-bond acceptors (Lipinski definition) is 9. The number of nitrogens with two attached hydrogens (primary N) is 2. The van der Waals surface area contributed by atoms with Crippen LogP contribution in [0.3, 0.4) is 0 Å². The lowest BCUT2D eigenvalue weighted by molar-refractivity contribution is 0.0485. The van der Waals surface area contributed by atoms with Crippen LogP contribution in [-0.2, 0) is 30.4 Å². The number of amides is 1. The van der Waals surface area contributed by atoms with E-state index in [1.54, 1.807) is 11.1 Å². The van der Waals surface area contributed by atoms with Crippen LogP contribution in [0.25, 0.3) is 0 Å². The van der Waals surface area contributed by atoms with Crippen molar-refractivity contribution < 1.29 is 9.00 Å². The zero-order valence-electron chi connectivity index (χ0n) is 24.9. The Bertz CT molecular complexity index is 1550. The fourth-order valence-corrected chi connectivity index (χ4v) is 8.40. The number of anilines is 3. The highest BCUT2D eigenvalue weighted by atomic mass is 32.2. The van der Waals surface area contributed by atoms with Gasteiger partial charge in [0.2, 0.25) is 0 Å². The molecule has 1 saturated heterocycles. The number of rotatable bonds is 4. The van der Waals surface area contributed by atoms with Gasteiger partial charge in [-0.05, 0) is 70.4 Å². The number of carbonyl (C=O) groups excluding carboxylic acids is 1. The zero-order valence-corrected chi connectivity index (χ0v) is 26.6. The Morgan fingerprint density at radius 2 is 1.83 bits per heavy atom. The average Bonchev–Trinajstić information content (AvgIpc) is 3.42. The number of nitrogens with zero attached hydrogens (tertiary/aromatic N) is 5. The van der Waals surface area contributed by atoms with Crippen molar-refractivity contribution in [3.63, 3.8) is 0 Å². The summed E-state index contributed by atoms with van der Waals surface area (Å²) in [5.41, 5.74) is 15.5. The third kappa shape index (κ3) is 5.07. The number of nitrogens with one attached hydrogen (secondary N) is 1. The third-order valence-electron chi connectivity index (χ3n) is 9.05. The van der Waals surface area contributed by atoms with Gasteiger partial charge in [-0.25, -0.2) is 23.9 Å². The summed E-state index contributed by atoms with van der Waals surface area (Å²) >= 11 is 1.42. The van der Waals surface area contributed by atoms with Gasteiger partial charge in [0.1, 0.15) is 5.82 Å². The highest BCUT2D eigenvalue weighted by molar-refractivity contribution is 7.84. The van der Waals surface area contributed by atoms with Crippen molar-refractivity contribution in [3.8, 4) is 0 Å². The van der Waals surface area contributed by atoms with Crippen molar-refractivity contribution in [1.82, 2.24) is 24.6 Å². The second-order valence-corrected chi connectivity index (χ2v) is 16.5. The van der Waals surface area contributed by atoms with Crippen molar-refractivity contribution in [2.75, 3.05) is 29.5 Å². The number of benzene rings is 1.